The summed E-state index contributed by atoms with van der Waals surface area (Å²) in [6, 6.07) is 80.5. The molecule has 1 aliphatic heterocycles. The molecule has 0 atom stereocenters. The van der Waals surface area contributed by atoms with Gasteiger partial charge in [-0.2, -0.15) is 6.07 Å². The Morgan fingerprint density at radius 2 is 1.00 bits per heavy atom. The zero-order valence-corrected chi connectivity index (χ0v) is 53.7. The second-order valence-electron chi connectivity index (χ2n) is 26.3. The molecule has 6 nitrogen and oxygen atoms in total. The summed E-state index contributed by atoms with van der Waals surface area (Å²) in [5.74, 6) is 1.64. The van der Waals surface area contributed by atoms with Crippen LogP contribution in [0.4, 0.5) is 22.7 Å². The fraction of sp³-hybridized carbons (Fsp3) is 0.195. The van der Waals surface area contributed by atoms with Crippen LogP contribution in [-0.2, 0) is 42.7 Å². The summed E-state index contributed by atoms with van der Waals surface area (Å²) in [7, 11) is 0. The number of benzene rings is 10. The number of pyridine rings is 1. The molecule has 7 heteroatoms. The number of nitrogens with zero attached hydrogens (tertiary/aromatic N) is 5. The standard InChI is InChI=1S/C82H74N5O.Pt/c1-79(2,3)56-28-24-27-54(45-56)66-47-58(81(7,8)9)48-67(55-37-40-61(53-25-14-13-15-26-53)68(46-55)82(10,11)12)78(66)85-52-84(72-35-22-23-36-73(72)85)59-38-42-74(86-69-32-19-16-29-62(69)63-30-17-20-33-70(63)86)76(50-59)88-60-39-41-65-64-31-18-21-34-71(64)87(75(65)51-60)77-49-57(43-44-83-77)80(4,5)6;/h13-49,52H,1-12H3;/q-3;/i1D3,2D3,3D3;. The summed E-state index contributed by atoms with van der Waals surface area (Å²) in [6.07, 6.45) is 1.87. The smallest absolute Gasteiger partial charge is 0.135 e. The van der Waals surface area contributed by atoms with Crippen molar-refractivity contribution in [3.05, 3.63) is 266 Å². The van der Waals surface area contributed by atoms with Crippen LogP contribution >= 0.6 is 0 Å². The number of aromatic nitrogens is 3. The van der Waals surface area contributed by atoms with Crippen molar-refractivity contribution in [1.29, 1.82) is 0 Å². The maximum absolute atomic E-state index is 8.83. The Kier molecular flexibility index (Phi) is 12.3. The van der Waals surface area contributed by atoms with Crippen molar-refractivity contribution in [1.82, 2.24) is 14.1 Å². The van der Waals surface area contributed by atoms with Crippen LogP contribution in [0.5, 0.6) is 11.5 Å². The fourth-order valence-corrected chi connectivity index (χ4v) is 12.7. The van der Waals surface area contributed by atoms with Gasteiger partial charge in [-0.05, 0) is 138 Å². The summed E-state index contributed by atoms with van der Waals surface area (Å²) >= 11 is 0. The normalized spacial score (nSPS) is 14.9. The Hall–Kier alpha value is -8.96. The van der Waals surface area contributed by atoms with Gasteiger partial charge in [0.1, 0.15) is 5.82 Å². The monoisotopic (exact) mass is 1350 g/mol. The predicted molar refractivity (Wildman–Crippen MR) is 370 cm³/mol. The number of rotatable bonds is 9. The zero-order chi connectivity index (χ0) is 68.5. The van der Waals surface area contributed by atoms with Crippen LogP contribution in [0.3, 0.4) is 0 Å². The SMILES string of the molecule is [2H]C([2H])([2H])C(c1cccc(-c2cc(C(C)(C)C)cc(-c3ccc(-c4ccccc4)c(C(C)(C)C)c3)c2N2[CH-]N(c3[c-]c(Oc4[c-]c5c(cc4)c4ccccc4n5-c4cc(C(C)(C)C)ccn4)c(-n4c5ccccc5c5ccccc54)cc3)c3ccccc32)c1)(C([2H])([2H])[2H])C([2H])([2H])[2H].[Pt]. The van der Waals surface area contributed by atoms with Crippen molar-refractivity contribution in [2.45, 2.75) is 105 Å². The van der Waals surface area contributed by atoms with Gasteiger partial charge in [0.15, 0.2) is 0 Å². The molecule has 0 saturated carbocycles. The van der Waals surface area contributed by atoms with Gasteiger partial charge >= 0.3 is 0 Å². The largest absolute Gasteiger partial charge is 0.507 e. The van der Waals surface area contributed by atoms with Crippen molar-refractivity contribution >= 4 is 66.4 Å². The number of para-hydroxylation sites is 5. The Balaban J connectivity index is 0.00000864. The van der Waals surface area contributed by atoms with Crippen LogP contribution in [0, 0.1) is 18.8 Å². The summed E-state index contributed by atoms with van der Waals surface area (Å²) in [6.45, 7) is 11.2. The van der Waals surface area contributed by atoms with Gasteiger partial charge in [-0.3, -0.25) is 0 Å². The molecule has 0 amide bonds. The first kappa shape index (κ1) is 49.0. The summed E-state index contributed by atoms with van der Waals surface area (Å²) in [5, 5.41) is 4.20. The number of fused-ring (bicyclic) bond motifs is 7. The molecule has 0 fully saturated rings. The molecule has 14 rings (SSSR count). The third-order valence-corrected chi connectivity index (χ3v) is 17.2. The van der Waals surface area contributed by atoms with Crippen LogP contribution in [0.15, 0.2) is 225 Å². The van der Waals surface area contributed by atoms with Crippen molar-refractivity contribution in [3.8, 4) is 56.4 Å². The van der Waals surface area contributed by atoms with E-state index in [0.29, 0.717) is 34.0 Å². The van der Waals surface area contributed by atoms with E-state index in [0.717, 1.165) is 105 Å². The number of anilines is 4. The van der Waals surface area contributed by atoms with Gasteiger partial charge in [0.25, 0.3) is 0 Å². The quantitative estimate of drug-likeness (QED) is 0.135. The molecule has 0 bridgehead atoms. The second kappa shape index (κ2) is 22.3. The van der Waals surface area contributed by atoms with Crippen molar-refractivity contribution in [2.75, 3.05) is 9.80 Å². The minimum Gasteiger partial charge on any atom is -0.507 e. The van der Waals surface area contributed by atoms with E-state index in [4.69, 9.17) is 22.1 Å². The molecule has 446 valence electrons. The average Bonchev–Trinajstić information content (AvgIpc) is 0.987. The molecule has 89 heavy (non-hydrogen) atoms. The maximum Gasteiger partial charge on any atom is 0.135 e. The molecule has 13 aromatic rings. The second-order valence-corrected chi connectivity index (χ2v) is 26.3. The van der Waals surface area contributed by atoms with E-state index in [1.807, 2.05) is 79.6 Å². The van der Waals surface area contributed by atoms with E-state index < -0.39 is 31.4 Å². The van der Waals surface area contributed by atoms with Crippen LogP contribution < -0.4 is 14.5 Å². The summed E-state index contributed by atoms with van der Waals surface area (Å²) < 4.78 is 91.2. The van der Waals surface area contributed by atoms with Gasteiger partial charge in [0.2, 0.25) is 0 Å². The number of hydrogen-bond donors (Lipinski definition) is 0. The van der Waals surface area contributed by atoms with Crippen LogP contribution in [0.2, 0.25) is 0 Å². The van der Waals surface area contributed by atoms with E-state index in [2.05, 4.69) is 221 Å². The molecule has 0 unspecified atom stereocenters. The third kappa shape index (κ3) is 10.6. The Morgan fingerprint density at radius 1 is 0.427 bits per heavy atom. The van der Waals surface area contributed by atoms with Crippen LogP contribution in [0.1, 0.15) is 117 Å². The Morgan fingerprint density at radius 3 is 1.64 bits per heavy atom. The first-order valence-corrected chi connectivity index (χ1v) is 30.1. The minimum atomic E-state index is -3.49. The van der Waals surface area contributed by atoms with Gasteiger partial charge in [-0.1, -0.05) is 222 Å². The van der Waals surface area contributed by atoms with Crippen LogP contribution in [0.25, 0.3) is 88.5 Å². The van der Waals surface area contributed by atoms with Gasteiger partial charge in [0, 0.05) is 107 Å². The van der Waals surface area contributed by atoms with E-state index in [-0.39, 0.29) is 37.5 Å². The van der Waals surface area contributed by atoms with Crippen molar-refractivity contribution in [2.24, 2.45) is 0 Å². The molecule has 3 aromatic heterocycles. The number of hydrogen-bond acceptors (Lipinski definition) is 4. The maximum atomic E-state index is 8.83. The molecule has 1 aliphatic rings. The molecular weight excluding hydrogens is 1270 g/mol. The Bertz CT molecular complexity index is 5150. The van der Waals surface area contributed by atoms with Crippen molar-refractivity contribution < 1.29 is 38.1 Å². The molecule has 0 saturated heterocycles. The van der Waals surface area contributed by atoms with E-state index in [1.54, 1.807) is 12.1 Å². The minimum absolute atomic E-state index is 0. The summed E-state index contributed by atoms with van der Waals surface area (Å²) in [4.78, 5) is 9.18. The molecule has 0 radical (unpaired) electrons. The first-order chi connectivity index (χ1) is 45.9. The van der Waals surface area contributed by atoms with E-state index in [1.165, 1.54) is 12.1 Å². The Labute approximate surface area is 552 Å². The third-order valence-electron chi connectivity index (χ3n) is 17.2. The first-order valence-electron chi connectivity index (χ1n) is 34.6. The van der Waals surface area contributed by atoms with E-state index >= 15 is 0 Å². The van der Waals surface area contributed by atoms with Gasteiger partial charge in [0.05, 0.1) is 0 Å². The molecule has 0 N–H and O–H groups in total. The molecular formula is C82H74N5OPt-3. The molecule has 0 aliphatic carbocycles. The van der Waals surface area contributed by atoms with Gasteiger partial charge in [-0.15, -0.1) is 48.1 Å². The van der Waals surface area contributed by atoms with Gasteiger partial charge < -0.3 is 23.7 Å². The topological polar surface area (TPSA) is 38.5 Å². The average molecular weight is 1350 g/mol. The van der Waals surface area contributed by atoms with E-state index in [9.17, 15) is 0 Å². The van der Waals surface area contributed by atoms with Crippen LogP contribution in [-0.4, -0.2) is 14.1 Å². The fourth-order valence-electron chi connectivity index (χ4n) is 12.7. The summed E-state index contributed by atoms with van der Waals surface area (Å²) in [5.41, 5.74) is 10.8. The predicted octanol–water partition coefficient (Wildman–Crippen LogP) is 22.3. The molecule has 10 aromatic carbocycles. The molecule has 0 spiro atoms. The van der Waals surface area contributed by atoms with Crippen molar-refractivity contribution in [3.63, 3.8) is 0 Å². The molecule has 4 heterocycles. The number of ether oxygens (including phenoxy) is 1. The van der Waals surface area contributed by atoms with Gasteiger partial charge in [-0.25, -0.2) is 4.98 Å². The zero-order valence-electron chi connectivity index (χ0n) is 60.4.